The molecule has 194 valence electrons. The van der Waals surface area contributed by atoms with Crippen molar-refractivity contribution >= 4 is 34.3 Å². The fourth-order valence-corrected chi connectivity index (χ4v) is 6.99. The molecular weight excluding hydrogens is 468 g/mol. The van der Waals surface area contributed by atoms with Gasteiger partial charge < -0.3 is 16.0 Å². The van der Waals surface area contributed by atoms with Gasteiger partial charge in [0.1, 0.15) is 0 Å². The van der Waals surface area contributed by atoms with Gasteiger partial charge in [-0.15, -0.1) is 11.3 Å². The van der Waals surface area contributed by atoms with Gasteiger partial charge in [-0.25, -0.2) is 4.98 Å². The molecule has 36 heavy (non-hydrogen) atoms. The first kappa shape index (κ1) is 25.2. The molecule has 1 fully saturated rings. The molecule has 0 saturated heterocycles. The number of rotatable bonds is 9. The summed E-state index contributed by atoms with van der Waals surface area (Å²) in [5, 5.41) is 10.3. The van der Waals surface area contributed by atoms with Crippen LogP contribution in [-0.4, -0.2) is 53.7 Å². The molecule has 0 unspecified atom stereocenters. The van der Waals surface area contributed by atoms with E-state index in [0.29, 0.717) is 6.04 Å². The molecule has 2 aromatic rings. The number of hydrogen-bond acceptors (Lipinski definition) is 7. The minimum atomic E-state index is 0.0458. The number of hydrazone groups is 1. The van der Waals surface area contributed by atoms with Crippen molar-refractivity contribution in [2.45, 2.75) is 83.2 Å². The Bertz CT molecular complexity index is 1040. The van der Waals surface area contributed by atoms with E-state index in [-0.39, 0.29) is 11.9 Å². The van der Waals surface area contributed by atoms with Gasteiger partial charge in [-0.1, -0.05) is 6.92 Å². The molecule has 1 saturated carbocycles. The zero-order valence-corrected chi connectivity index (χ0v) is 22.3. The third kappa shape index (κ3) is 6.09. The van der Waals surface area contributed by atoms with Gasteiger partial charge in [0.2, 0.25) is 0 Å². The summed E-state index contributed by atoms with van der Waals surface area (Å²) in [7, 11) is 0. The zero-order chi connectivity index (χ0) is 24.9. The monoisotopic (exact) mass is 508 g/mol. The number of anilines is 2. The van der Waals surface area contributed by atoms with E-state index in [9.17, 15) is 4.79 Å². The van der Waals surface area contributed by atoms with Crippen molar-refractivity contribution in [3.63, 3.8) is 0 Å². The molecule has 3 N–H and O–H groups in total. The van der Waals surface area contributed by atoms with E-state index in [1.165, 1.54) is 55.8 Å². The van der Waals surface area contributed by atoms with Gasteiger partial charge in [0, 0.05) is 41.7 Å². The normalized spacial score (nSPS) is 23.7. The highest BCUT2D eigenvalue weighted by Crippen LogP contribution is 2.32. The van der Waals surface area contributed by atoms with Gasteiger partial charge in [0.25, 0.3) is 5.91 Å². The van der Waals surface area contributed by atoms with Crippen LogP contribution in [0.25, 0.3) is 0 Å². The van der Waals surface area contributed by atoms with Crippen molar-refractivity contribution in [1.29, 1.82) is 0 Å². The first-order chi connectivity index (χ1) is 17.6. The van der Waals surface area contributed by atoms with E-state index < -0.39 is 0 Å². The Kier molecular flexibility index (Phi) is 8.22. The molecule has 1 atom stereocenters. The smallest absolute Gasteiger partial charge is 0.251 e. The number of hydrogen-bond donors (Lipinski definition) is 2. The summed E-state index contributed by atoms with van der Waals surface area (Å²) in [6, 6.07) is 8.73. The molecule has 1 aromatic carbocycles. The van der Waals surface area contributed by atoms with E-state index in [1.54, 1.807) is 11.3 Å². The highest BCUT2D eigenvalue weighted by Gasteiger charge is 2.28. The third-order valence-electron chi connectivity index (χ3n) is 8.08. The van der Waals surface area contributed by atoms with Crippen LogP contribution in [0.1, 0.15) is 79.2 Å². The van der Waals surface area contributed by atoms with Crippen molar-refractivity contribution < 1.29 is 4.79 Å². The molecule has 0 radical (unpaired) electrons. The summed E-state index contributed by atoms with van der Waals surface area (Å²) in [6.45, 7) is 5.54. The lowest BCUT2D eigenvalue weighted by molar-refractivity contribution is 0.0918. The lowest BCUT2D eigenvalue weighted by Gasteiger charge is -2.36. The number of nitrogens with two attached hydrogens (primary N) is 1. The van der Waals surface area contributed by atoms with Crippen molar-refractivity contribution in [2.75, 3.05) is 30.4 Å². The van der Waals surface area contributed by atoms with Crippen molar-refractivity contribution in [3.8, 4) is 0 Å². The Morgan fingerprint density at radius 1 is 1.17 bits per heavy atom. The molecule has 1 amide bonds. The van der Waals surface area contributed by atoms with Crippen LogP contribution in [0.5, 0.6) is 0 Å². The summed E-state index contributed by atoms with van der Waals surface area (Å²) in [6.07, 6.45) is 13.3. The summed E-state index contributed by atoms with van der Waals surface area (Å²) in [5.41, 5.74) is 8.98. The Hall–Kier alpha value is -2.45. The van der Waals surface area contributed by atoms with Crippen LogP contribution in [-0.2, 0) is 12.8 Å². The first-order valence-corrected chi connectivity index (χ1v) is 14.6. The van der Waals surface area contributed by atoms with Crippen LogP contribution in [0.15, 0.2) is 29.4 Å². The third-order valence-corrected chi connectivity index (χ3v) is 9.03. The number of amides is 1. The predicted molar refractivity (Wildman–Crippen MR) is 149 cm³/mol. The Morgan fingerprint density at radius 2 is 1.97 bits per heavy atom. The van der Waals surface area contributed by atoms with Gasteiger partial charge >= 0.3 is 0 Å². The molecule has 7 nitrogen and oxygen atoms in total. The van der Waals surface area contributed by atoms with Gasteiger partial charge in [0.15, 0.2) is 5.13 Å². The number of nitrogens with one attached hydrogen (secondary N) is 1. The molecule has 3 aliphatic rings. The molecule has 1 aliphatic heterocycles. The number of carbonyl (C=O) groups is 1. The number of aryl methyl sites for hydroxylation is 1. The molecule has 8 heteroatoms. The average Bonchev–Trinajstić information content (AvgIpc) is 3.56. The van der Waals surface area contributed by atoms with Crippen LogP contribution in [0, 0.1) is 5.92 Å². The van der Waals surface area contributed by atoms with Gasteiger partial charge in [-0.2, -0.15) is 5.10 Å². The Balaban J connectivity index is 1.06. The number of fused-ring (bicyclic) bond motifs is 1. The van der Waals surface area contributed by atoms with Crippen LogP contribution >= 0.6 is 11.3 Å². The van der Waals surface area contributed by atoms with E-state index in [4.69, 9.17) is 5.73 Å². The fraction of sp³-hybridized carbons (Fsp3) is 0.607. The van der Waals surface area contributed by atoms with E-state index in [0.717, 1.165) is 60.9 Å². The maximum absolute atomic E-state index is 12.8. The highest BCUT2D eigenvalue weighted by atomic mass is 32.1. The quantitative estimate of drug-likeness (QED) is 0.505. The van der Waals surface area contributed by atoms with E-state index in [1.807, 2.05) is 35.5 Å². The zero-order valence-electron chi connectivity index (χ0n) is 21.5. The predicted octanol–water partition coefficient (Wildman–Crippen LogP) is 4.87. The molecule has 5 rings (SSSR count). The second-order valence-electron chi connectivity index (χ2n) is 10.6. The van der Waals surface area contributed by atoms with Crippen LogP contribution < -0.4 is 16.1 Å². The van der Waals surface area contributed by atoms with Gasteiger partial charge in [0.05, 0.1) is 11.4 Å². The van der Waals surface area contributed by atoms with Crippen LogP contribution in [0.4, 0.5) is 10.8 Å². The number of thiazole rings is 1. The number of benzene rings is 1. The topological polar surface area (TPSA) is 86.9 Å². The minimum absolute atomic E-state index is 0.0458. The molecule has 2 aliphatic carbocycles. The van der Waals surface area contributed by atoms with Crippen molar-refractivity contribution in [1.82, 2.24) is 15.2 Å². The van der Waals surface area contributed by atoms with E-state index in [2.05, 4.69) is 27.2 Å². The molecule has 0 bridgehead atoms. The fourth-order valence-electron chi connectivity index (χ4n) is 6.04. The lowest BCUT2D eigenvalue weighted by atomic mass is 9.83. The SMILES string of the molecule is CCCN(CCC1CCC(NC(=O)c2ccc(N3CCC=N3)cc2)CC1)[C@H]1CCc2nc(N)sc2C1. The Labute approximate surface area is 219 Å². The second-order valence-corrected chi connectivity index (χ2v) is 11.7. The standard InChI is InChI=1S/C28H40N6OS/c1-2-16-33(24-12-13-25-26(19-24)36-28(29)32-25)18-14-20-4-8-22(9-5-20)31-27(35)21-6-10-23(11-7-21)34-17-3-15-30-34/h6-7,10-11,15,20,22,24H,2-5,8-9,12-14,16-19H2,1H3,(H2,29,32)(H,31,35)/t20?,22?,24-/m0/s1. The summed E-state index contributed by atoms with van der Waals surface area (Å²) >= 11 is 1.68. The van der Waals surface area contributed by atoms with Crippen LogP contribution in [0.2, 0.25) is 0 Å². The molecule has 0 spiro atoms. The Morgan fingerprint density at radius 3 is 2.69 bits per heavy atom. The number of carbonyl (C=O) groups excluding carboxylic acids is 1. The number of aromatic nitrogens is 1. The largest absolute Gasteiger partial charge is 0.375 e. The highest BCUT2D eigenvalue weighted by molar-refractivity contribution is 7.15. The van der Waals surface area contributed by atoms with Crippen LogP contribution in [0.3, 0.4) is 0 Å². The van der Waals surface area contributed by atoms with E-state index >= 15 is 0 Å². The molecule has 2 heterocycles. The number of nitrogens with zero attached hydrogens (tertiary/aromatic N) is 4. The molecule has 1 aromatic heterocycles. The molecular formula is C28H40N6OS. The summed E-state index contributed by atoms with van der Waals surface area (Å²) in [5.74, 6) is 0.806. The van der Waals surface area contributed by atoms with Gasteiger partial charge in [-0.3, -0.25) is 9.80 Å². The van der Waals surface area contributed by atoms with Crippen molar-refractivity contribution in [3.05, 3.63) is 40.4 Å². The average molecular weight is 509 g/mol. The number of nitrogen functional groups attached to an aromatic ring is 1. The minimum Gasteiger partial charge on any atom is -0.375 e. The summed E-state index contributed by atoms with van der Waals surface area (Å²) < 4.78 is 0. The maximum atomic E-state index is 12.8. The lowest BCUT2D eigenvalue weighted by Crippen LogP contribution is -2.41. The second kappa shape index (κ2) is 11.7. The first-order valence-electron chi connectivity index (χ1n) is 13.8. The summed E-state index contributed by atoms with van der Waals surface area (Å²) in [4.78, 5) is 21.5. The maximum Gasteiger partial charge on any atom is 0.251 e. The van der Waals surface area contributed by atoms with Crippen molar-refractivity contribution in [2.24, 2.45) is 11.0 Å². The van der Waals surface area contributed by atoms with Gasteiger partial charge in [-0.05, 0) is 101 Å².